The van der Waals surface area contributed by atoms with Crippen molar-refractivity contribution in [1.29, 1.82) is 0 Å². The van der Waals surface area contributed by atoms with E-state index in [2.05, 4.69) is 0 Å². The Labute approximate surface area is 67.2 Å². The fourth-order valence-corrected chi connectivity index (χ4v) is 1.12. The van der Waals surface area contributed by atoms with Crippen LogP contribution in [0.25, 0.3) is 0 Å². The van der Waals surface area contributed by atoms with Gasteiger partial charge >= 0.3 is 0 Å². The monoisotopic (exact) mass is 151 g/mol. The summed E-state index contributed by atoms with van der Waals surface area (Å²) < 4.78 is 0. The van der Waals surface area contributed by atoms with Crippen LogP contribution < -0.4 is 0 Å². The molecule has 0 radical (unpaired) electrons. The number of nitrogens with zero attached hydrogens (tertiary/aromatic N) is 1. The van der Waals surface area contributed by atoms with Gasteiger partial charge in [0.2, 0.25) is 0 Å². The van der Waals surface area contributed by atoms with E-state index in [9.17, 15) is 4.79 Å². The van der Waals surface area contributed by atoms with Crippen LogP contribution in [-0.2, 0) is 4.79 Å². The van der Waals surface area contributed by atoms with E-state index in [1.807, 2.05) is 31.0 Å². The Kier molecular flexibility index (Phi) is 2.47. The molecule has 1 aliphatic rings. The van der Waals surface area contributed by atoms with Crippen molar-refractivity contribution in [3.05, 3.63) is 24.4 Å². The van der Waals surface area contributed by atoms with E-state index in [1.54, 1.807) is 12.2 Å². The Morgan fingerprint density at radius 2 is 2.27 bits per heavy atom. The van der Waals surface area contributed by atoms with Gasteiger partial charge in [0, 0.05) is 6.54 Å². The van der Waals surface area contributed by atoms with E-state index in [1.165, 1.54) is 0 Å². The number of hydrogen-bond donors (Lipinski definition) is 0. The average molecular weight is 151 g/mol. The fourth-order valence-electron chi connectivity index (χ4n) is 1.12. The Bertz CT molecular complexity index is 206. The molecule has 1 heterocycles. The first-order chi connectivity index (χ1) is 5.25. The first-order valence-electron chi connectivity index (χ1n) is 3.90. The van der Waals surface area contributed by atoms with Crippen LogP contribution in [-0.4, -0.2) is 23.3 Å². The van der Waals surface area contributed by atoms with Crippen LogP contribution in [0.1, 0.15) is 13.8 Å². The maximum Gasteiger partial charge on any atom is 0.177 e. The van der Waals surface area contributed by atoms with E-state index >= 15 is 0 Å². The predicted molar refractivity (Wildman–Crippen MR) is 45.1 cm³/mol. The van der Waals surface area contributed by atoms with Crippen LogP contribution in [0.5, 0.6) is 0 Å². The number of ketones is 1. The Hall–Kier alpha value is -1.05. The SMILES string of the molecule is CCN1C=CC=CC(=O)C1C. The number of rotatable bonds is 1. The van der Waals surface area contributed by atoms with Crippen LogP contribution in [0.3, 0.4) is 0 Å². The molecule has 0 aliphatic carbocycles. The number of hydrogen-bond acceptors (Lipinski definition) is 2. The molecule has 11 heavy (non-hydrogen) atoms. The lowest BCUT2D eigenvalue weighted by atomic mass is 10.2. The van der Waals surface area contributed by atoms with Gasteiger partial charge in [-0.25, -0.2) is 0 Å². The van der Waals surface area contributed by atoms with Crippen LogP contribution in [0.4, 0.5) is 0 Å². The summed E-state index contributed by atoms with van der Waals surface area (Å²) in [5.41, 5.74) is 0. The topological polar surface area (TPSA) is 20.3 Å². The molecule has 0 aromatic carbocycles. The molecule has 0 saturated carbocycles. The van der Waals surface area contributed by atoms with E-state index < -0.39 is 0 Å². The maximum absolute atomic E-state index is 11.2. The van der Waals surface area contributed by atoms with Crippen LogP contribution in [0.2, 0.25) is 0 Å². The van der Waals surface area contributed by atoms with Gasteiger partial charge in [0.25, 0.3) is 0 Å². The summed E-state index contributed by atoms with van der Waals surface area (Å²) >= 11 is 0. The second kappa shape index (κ2) is 3.37. The van der Waals surface area contributed by atoms with Crippen molar-refractivity contribution in [2.45, 2.75) is 19.9 Å². The minimum atomic E-state index is -0.00463. The standard InChI is InChI=1S/C9H13NO/c1-3-10-7-5-4-6-9(11)8(10)2/h4-8H,3H2,1-2H3. The van der Waals surface area contributed by atoms with Crippen molar-refractivity contribution in [2.24, 2.45) is 0 Å². The first-order valence-corrected chi connectivity index (χ1v) is 3.90. The molecular formula is C9H13NO. The molecule has 1 atom stereocenters. The molecule has 0 aromatic heterocycles. The van der Waals surface area contributed by atoms with Crippen LogP contribution in [0.15, 0.2) is 24.4 Å². The molecule has 0 fully saturated rings. The lowest BCUT2D eigenvalue weighted by Gasteiger charge is -2.22. The quantitative estimate of drug-likeness (QED) is 0.563. The summed E-state index contributed by atoms with van der Waals surface area (Å²) in [5, 5.41) is 0. The van der Waals surface area contributed by atoms with Crippen LogP contribution in [0, 0.1) is 0 Å². The summed E-state index contributed by atoms with van der Waals surface area (Å²) in [4.78, 5) is 13.2. The molecule has 1 rings (SSSR count). The van der Waals surface area contributed by atoms with Gasteiger partial charge in [-0.2, -0.15) is 0 Å². The van der Waals surface area contributed by atoms with Crippen molar-refractivity contribution in [1.82, 2.24) is 4.90 Å². The number of carbonyl (C=O) groups excluding carboxylic acids is 1. The lowest BCUT2D eigenvalue weighted by Crippen LogP contribution is -2.33. The summed E-state index contributed by atoms with van der Waals surface area (Å²) in [6.07, 6.45) is 7.25. The highest BCUT2D eigenvalue weighted by molar-refractivity contribution is 5.94. The number of carbonyl (C=O) groups is 1. The van der Waals surface area contributed by atoms with Gasteiger partial charge in [0.1, 0.15) is 0 Å². The predicted octanol–water partition coefficient (Wildman–Crippen LogP) is 1.35. The minimum Gasteiger partial charge on any atom is -0.368 e. The molecule has 1 aliphatic heterocycles. The molecule has 2 heteroatoms. The lowest BCUT2D eigenvalue weighted by molar-refractivity contribution is -0.118. The third-order valence-electron chi connectivity index (χ3n) is 1.92. The third kappa shape index (κ3) is 1.70. The largest absolute Gasteiger partial charge is 0.368 e. The van der Waals surface area contributed by atoms with Crippen molar-refractivity contribution >= 4 is 5.78 Å². The molecule has 0 bridgehead atoms. The summed E-state index contributed by atoms with van der Waals surface area (Å²) in [6, 6.07) is -0.00463. The smallest absolute Gasteiger partial charge is 0.177 e. The molecule has 0 saturated heterocycles. The molecule has 0 aromatic rings. The van der Waals surface area contributed by atoms with Crippen molar-refractivity contribution in [2.75, 3.05) is 6.54 Å². The summed E-state index contributed by atoms with van der Waals surface area (Å²) in [6.45, 7) is 4.84. The van der Waals surface area contributed by atoms with E-state index in [4.69, 9.17) is 0 Å². The highest BCUT2D eigenvalue weighted by Gasteiger charge is 2.15. The van der Waals surface area contributed by atoms with Crippen molar-refractivity contribution in [3.63, 3.8) is 0 Å². The van der Waals surface area contributed by atoms with Crippen LogP contribution >= 0.6 is 0 Å². The third-order valence-corrected chi connectivity index (χ3v) is 1.92. The van der Waals surface area contributed by atoms with Gasteiger partial charge in [-0.3, -0.25) is 4.79 Å². The maximum atomic E-state index is 11.2. The Morgan fingerprint density at radius 3 is 2.91 bits per heavy atom. The average Bonchev–Trinajstić information content (AvgIpc) is 2.16. The van der Waals surface area contributed by atoms with Crippen molar-refractivity contribution < 1.29 is 4.79 Å². The van der Waals surface area contributed by atoms with Crippen molar-refractivity contribution in [3.8, 4) is 0 Å². The zero-order valence-electron chi connectivity index (χ0n) is 6.95. The summed E-state index contributed by atoms with van der Waals surface area (Å²) in [5.74, 6) is 0.178. The first kappa shape index (κ1) is 8.05. The van der Waals surface area contributed by atoms with Gasteiger partial charge in [-0.15, -0.1) is 0 Å². The van der Waals surface area contributed by atoms with Gasteiger partial charge in [-0.1, -0.05) is 6.08 Å². The Morgan fingerprint density at radius 1 is 1.55 bits per heavy atom. The molecule has 0 N–H and O–H groups in total. The zero-order chi connectivity index (χ0) is 8.27. The second-order valence-electron chi connectivity index (χ2n) is 2.61. The fraction of sp³-hybridized carbons (Fsp3) is 0.444. The van der Waals surface area contributed by atoms with Gasteiger partial charge < -0.3 is 4.90 Å². The molecule has 0 amide bonds. The zero-order valence-corrected chi connectivity index (χ0v) is 6.95. The normalized spacial score (nSPS) is 24.0. The van der Waals surface area contributed by atoms with E-state index in [-0.39, 0.29) is 11.8 Å². The number of allylic oxidation sites excluding steroid dienone is 2. The van der Waals surface area contributed by atoms with Gasteiger partial charge in [0.05, 0.1) is 6.04 Å². The Balaban J connectivity index is 2.77. The molecule has 60 valence electrons. The van der Waals surface area contributed by atoms with E-state index in [0.717, 1.165) is 6.54 Å². The highest BCUT2D eigenvalue weighted by atomic mass is 16.1. The number of likely N-dealkylation sites (N-methyl/N-ethyl adjacent to an activating group) is 1. The second-order valence-corrected chi connectivity index (χ2v) is 2.61. The molecular weight excluding hydrogens is 138 g/mol. The van der Waals surface area contributed by atoms with Gasteiger partial charge in [-0.05, 0) is 32.2 Å². The highest BCUT2D eigenvalue weighted by Crippen LogP contribution is 2.05. The van der Waals surface area contributed by atoms with E-state index in [0.29, 0.717) is 0 Å². The molecule has 0 spiro atoms. The minimum absolute atomic E-state index is 0.00463. The van der Waals surface area contributed by atoms with Gasteiger partial charge in [0.15, 0.2) is 5.78 Å². The molecule has 1 unspecified atom stereocenters. The summed E-state index contributed by atoms with van der Waals surface area (Å²) in [7, 11) is 0. The molecule has 2 nitrogen and oxygen atoms in total.